The van der Waals surface area contributed by atoms with Crippen LogP contribution in [0.4, 0.5) is 0 Å². The van der Waals surface area contributed by atoms with Crippen LogP contribution in [0, 0.1) is 28.6 Å². The molecular weight excluding hydrogens is 284 g/mol. The lowest BCUT2D eigenvalue weighted by molar-refractivity contribution is -0.197. The van der Waals surface area contributed by atoms with Gasteiger partial charge in [0.05, 0.1) is 16.9 Å². The van der Waals surface area contributed by atoms with Gasteiger partial charge >= 0.3 is 5.97 Å². The predicted molar refractivity (Wildman–Crippen MR) is 79.9 cm³/mol. The lowest BCUT2D eigenvalue weighted by Gasteiger charge is -2.52. The number of hydrogen-bond donors (Lipinski definition) is 1. The highest BCUT2D eigenvalue weighted by atomic mass is 16.5. The second-order valence-corrected chi connectivity index (χ2v) is 7.98. The molecule has 0 unspecified atom stereocenters. The molecule has 2 saturated carbocycles. The van der Waals surface area contributed by atoms with Gasteiger partial charge in [0, 0.05) is 12.8 Å². The zero-order chi connectivity index (χ0) is 16.9. The van der Waals surface area contributed by atoms with Crippen molar-refractivity contribution >= 4 is 18.5 Å². The Bertz CT molecular complexity index is 499. The van der Waals surface area contributed by atoms with Crippen LogP contribution in [0.1, 0.15) is 47.5 Å². The molecule has 0 aromatic carbocycles. The lowest BCUT2D eigenvalue weighted by Crippen LogP contribution is -2.62. The topological polar surface area (TPSA) is 80.7 Å². The average molecular weight is 310 g/mol. The summed E-state index contributed by atoms with van der Waals surface area (Å²) in [5.41, 5.74) is -2.68. The van der Waals surface area contributed by atoms with Crippen molar-refractivity contribution in [3.05, 3.63) is 0 Å². The zero-order valence-corrected chi connectivity index (χ0v) is 14.0. The van der Waals surface area contributed by atoms with Gasteiger partial charge in [-0.25, -0.2) is 0 Å². The van der Waals surface area contributed by atoms with Crippen LogP contribution in [-0.2, 0) is 19.1 Å². The summed E-state index contributed by atoms with van der Waals surface area (Å²) in [6.45, 7) is 8.88. The van der Waals surface area contributed by atoms with E-state index >= 15 is 0 Å². The summed E-state index contributed by atoms with van der Waals surface area (Å²) in [5.74, 6) is -1.71. The summed E-state index contributed by atoms with van der Waals surface area (Å²) in [4.78, 5) is 34.8. The summed E-state index contributed by atoms with van der Waals surface area (Å²) >= 11 is 0. The molecule has 124 valence electrons. The van der Waals surface area contributed by atoms with Crippen molar-refractivity contribution in [3.8, 4) is 0 Å². The smallest absolute Gasteiger partial charge is 0.302 e. The first-order valence-electron chi connectivity index (χ1n) is 7.84. The molecule has 2 rings (SSSR count). The first-order chi connectivity index (χ1) is 10.0. The van der Waals surface area contributed by atoms with Gasteiger partial charge < -0.3 is 19.4 Å². The van der Waals surface area contributed by atoms with Crippen molar-refractivity contribution in [2.24, 2.45) is 28.6 Å². The van der Waals surface area contributed by atoms with Crippen molar-refractivity contribution in [3.63, 3.8) is 0 Å². The molecule has 0 aromatic heterocycles. The number of rotatable bonds is 3. The van der Waals surface area contributed by atoms with Crippen LogP contribution in [0.25, 0.3) is 0 Å². The van der Waals surface area contributed by atoms with E-state index in [0.29, 0.717) is 12.8 Å². The number of fused-ring (bicyclic) bond motifs is 1. The van der Waals surface area contributed by atoms with Crippen molar-refractivity contribution in [2.75, 3.05) is 0 Å². The summed E-state index contributed by atoms with van der Waals surface area (Å²) in [6.07, 6.45) is 2.10. The van der Waals surface area contributed by atoms with Gasteiger partial charge in [0.2, 0.25) is 0 Å². The van der Waals surface area contributed by atoms with Crippen molar-refractivity contribution in [1.29, 1.82) is 0 Å². The van der Waals surface area contributed by atoms with Crippen LogP contribution >= 0.6 is 0 Å². The molecule has 0 aromatic rings. The monoisotopic (exact) mass is 310 g/mol. The van der Waals surface area contributed by atoms with Crippen molar-refractivity contribution in [2.45, 2.75) is 59.2 Å². The van der Waals surface area contributed by atoms with Crippen LogP contribution in [0.3, 0.4) is 0 Å². The van der Waals surface area contributed by atoms with E-state index in [2.05, 4.69) is 0 Å². The van der Waals surface area contributed by atoms with E-state index in [4.69, 9.17) is 4.74 Å². The molecule has 0 amide bonds. The van der Waals surface area contributed by atoms with Gasteiger partial charge in [-0.3, -0.25) is 4.79 Å². The fourth-order valence-corrected chi connectivity index (χ4v) is 5.13. The van der Waals surface area contributed by atoms with Crippen LogP contribution < -0.4 is 0 Å². The third-order valence-electron chi connectivity index (χ3n) is 6.07. The maximum atomic E-state index is 11.7. The third-order valence-corrected chi connectivity index (χ3v) is 6.07. The van der Waals surface area contributed by atoms with E-state index in [1.807, 2.05) is 13.8 Å². The van der Waals surface area contributed by atoms with Gasteiger partial charge in [-0.05, 0) is 24.2 Å². The Morgan fingerprint density at radius 3 is 2.32 bits per heavy atom. The Hall–Kier alpha value is -1.23. The van der Waals surface area contributed by atoms with E-state index in [-0.39, 0.29) is 23.2 Å². The Balaban J connectivity index is 2.53. The fourth-order valence-electron chi connectivity index (χ4n) is 5.13. The highest BCUT2D eigenvalue weighted by Gasteiger charge is 2.70. The molecule has 0 saturated heterocycles. The molecule has 0 radical (unpaired) electrons. The minimum atomic E-state index is -1.39. The van der Waals surface area contributed by atoms with Crippen LogP contribution in [-0.4, -0.2) is 35.4 Å². The maximum Gasteiger partial charge on any atom is 0.302 e. The molecule has 0 heterocycles. The first-order valence-corrected chi connectivity index (χ1v) is 7.84. The minimum Gasteiger partial charge on any atom is -0.462 e. The molecule has 22 heavy (non-hydrogen) atoms. The number of carbonyl (C=O) groups is 3. The van der Waals surface area contributed by atoms with E-state index in [0.717, 1.165) is 12.6 Å². The average Bonchev–Trinajstić information content (AvgIpc) is 2.55. The fraction of sp³-hybridized carbons (Fsp3) is 0.824. The molecule has 0 aliphatic heterocycles. The highest BCUT2D eigenvalue weighted by Crippen LogP contribution is 2.65. The van der Waals surface area contributed by atoms with E-state index in [9.17, 15) is 19.5 Å². The largest absolute Gasteiger partial charge is 0.462 e. The molecule has 0 bridgehead atoms. The lowest BCUT2D eigenvalue weighted by atomic mass is 9.56. The predicted octanol–water partition coefficient (Wildman–Crippen LogP) is 1.76. The Labute approximate surface area is 131 Å². The Morgan fingerprint density at radius 1 is 1.27 bits per heavy atom. The zero-order valence-electron chi connectivity index (χ0n) is 14.0. The summed E-state index contributed by atoms with van der Waals surface area (Å²) in [5, 5.41) is 11.4. The molecule has 0 spiro atoms. The molecule has 1 N–H and O–H groups in total. The minimum absolute atomic E-state index is 0.272. The van der Waals surface area contributed by atoms with Gasteiger partial charge in [0.1, 0.15) is 18.7 Å². The SMILES string of the molecule is CC(=O)O[C@@H]1C[C@H]2C(C)(C)C[C@](C)(C=O)[C@@]2(O)[C@H](C=O)[C@@H]1C. The molecule has 5 heteroatoms. The maximum absolute atomic E-state index is 11.7. The van der Waals surface area contributed by atoms with E-state index in [1.54, 1.807) is 13.8 Å². The van der Waals surface area contributed by atoms with Crippen molar-refractivity contribution in [1.82, 2.24) is 0 Å². The molecule has 2 aliphatic rings. The Morgan fingerprint density at radius 2 is 1.86 bits per heavy atom. The number of aliphatic hydroxyl groups is 1. The summed E-state index contributed by atoms with van der Waals surface area (Å²) in [6, 6.07) is 0. The Kier molecular flexibility index (Phi) is 4.01. The molecular formula is C17H26O5. The number of hydrogen-bond acceptors (Lipinski definition) is 5. The molecule has 2 aliphatic carbocycles. The van der Waals surface area contributed by atoms with Crippen LogP contribution in [0.5, 0.6) is 0 Å². The molecule has 6 atom stereocenters. The number of esters is 1. The molecule has 2 fully saturated rings. The quantitative estimate of drug-likeness (QED) is 0.634. The number of aldehydes is 2. The van der Waals surface area contributed by atoms with Gasteiger partial charge in [-0.15, -0.1) is 0 Å². The second-order valence-electron chi connectivity index (χ2n) is 7.98. The summed E-state index contributed by atoms with van der Waals surface area (Å²) < 4.78 is 5.39. The standard InChI is InChI=1S/C17H26O5/c1-10-12(7-18)17(21)14(6-13(10)22-11(2)20)15(3,4)8-16(17,5)9-19/h7,9-10,12-14,21H,6,8H2,1-5H3/t10-,12+,13+,14-,16+,17+/m0/s1. The highest BCUT2D eigenvalue weighted by molar-refractivity contribution is 5.69. The number of ether oxygens (including phenoxy) is 1. The van der Waals surface area contributed by atoms with Crippen LogP contribution in [0.2, 0.25) is 0 Å². The van der Waals surface area contributed by atoms with Gasteiger partial charge in [0.25, 0.3) is 0 Å². The van der Waals surface area contributed by atoms with E-state index in [1.165, 1.54) is 6.92 Å². The summed E-state index contributed by atoms with van der Waals surface area (Å²) in [7, 11) is 0. The normalized spacial score (nSPS) is 46.6. The second kappa shape index (κ2) is 5.15. The van der Waals surface area contributed by atoms with Gasteiger partial charge in [-0.1, -0.05) is 27.7 Å². The number of carbonyl (C=O) groups excluding carboxylic acids is 3. The third kappa shape index (κ3) is 2.13. The molecule has 5 nitrogen and oxygen atoms in total. The van der Waals surface area contributed by atoms with Gasteiger partial charge in [-0.2, -0.15) is 0 Å². The van der Waals surface area contributed by atoms with E-state index < -0.39 is 23.0 Å². The van der Waals surface area contributed by atoms with Crippen LogP contribution in [0.15, 0.2) is 0 Å². The van der Waals surface area contributed by atoms with Gasteiger partial charge in [0.15, 0.2) is 0 Å². The van der Waals surface area contributed by atoms with Crippen molar-refractivity contribution < 1.29 is 24.2 Å². The first kappa shape index (κ1) is 17.1.